The fourth-order valence-electron chi connectivity index (χ4n) is 11.7. The smallest absolute Gasteiger partial charge is 0.246 e. The second-order valence-corrected chi connectivity index (χ2v) is 35.1. The summed E-state index contributed by atoms with van der Waals surface area (Å²) in [4.78, 5) is 173. The van der Waals surface area contributed by atoms with Crippen LogP contribution < -0.4 is 21.3 Å². The van der Waals surface area contributed by atoms with Gasteiger partial charge in [0, 0.05) is 55.9 Å². The summed E-state index contributed by atoms with van der Waals surface area (Å²) < 4.78 is 7.23. The lowest BCUT2D eigenvalue weighted by atomic mass is 9.90. The van der Waals surface area contributed by atoms with Crippen molar-refractivity contribution in [1.82, 2.24) is 55.6 Å². The second kappa shape index (κ2) is 37.0. The zero-order valence-electron chi connectivity index (χ0n) is 62.6. The average molecular weight is 1330 g/mol. The van der Waals surface area contributed by atoms with E-state index in [0.29, 0.717) is 12.8 Å². The molecule has 24 nitrogen and oxygen atoms in total. The molecule has 1 rings (SSSR count). The van der Waals surface area contributed by atoms with Crippen LogP contribution in [0.4, 0.5) is 0 Å². The molecule has 0 radical (unpaired) electrons. The Balaban J connectivity index is 4.60. The van der Waals surface area contributed by atoms with E-state index in [-0.39, 0.29) is 62.4 Å². The number of likely N-dealkylation sites (N-methyl/N-ethyl adjacent to an activating group) is 7. The monoisotopic (exact) mass is 1330 g/mol. The van der Waals surface area contributed by atoms with Crippen molar-refractivity contribution in [1.29, 1.82) is 0 Å². The molecule has 13 atom stereocenters. The Hall–Kier alpha value is -5.69. The number of aliphatic hydroxyl groups is 1. The lowest BCUT2D eigenvalue weighted by Crippen LogP contribution is -2.65. The molecule has 0 aromatic carbocycles. The molecule has 536 valence electrons. The highest BCUT2D eigenvalue weighted by molar-refractivity contribution is 6.74. The van der Waals surface area contributed by atoms with Crippen LogP contribution >= 0.6 is 0 Å². The van der Waals surface area contributed by atoms with E-state index in [1.807, 2.05) is 96.2 Å². The molecule has 11 amide bonds. The molecule has 1 aliphatic heterocycles. The first-order valence-corrected chi connectivity index (χ1v) is 36.9. The molecule has 0 aromatic heterocycles. The zero-order chi connectivity index (χ0) is 72.6. The number of nitrogens with zero attached hydrogens (tertiary/aromatic N) is 7. The van der Waals surface area contributed by atoms with E-state index >= 15 is 19.2 Å². The molecule has 25 heteroatoms. The normalized spacial score (nSPS) is 26.7. The van der Waals surface area contributed by atoms with Crippen molar-refractivity contribution < 1.29 is 62.3 Å². The third-order valence-corrected chi connectivity index (χ3v) is 23.3. The topological polar surface area (TPSA) is 288 Å². The summed E-state index contributed by atoms with van der Waals surface area (Å²) in [6.07, 6.45) is 0.327. The van der Waals surface area contributed by atoms with Gasteiger partial charge in [-0.15, -0.1) is 0 Å². The summed E-state index contributed by atoms with van der Waals surface area (Å²) in [5, 5.41) is 21.0. The summed E-state index contributed by atoms with van der Waals surface area (Å²) >= 11 is 0. The van der Waals surface area contributed by atoms with E-state index in [1.165, 1.54) is 104 Å². The largest absolute Gasteiger partial charge is 0.411 e. The van der Waals surface area contributed by atoms with Crippen LogP contribution in [0, 0.1) is 41.4 Å². The molecule has 0 aromatic rings. The van der Waals surface area contributed by atoms with E-state index in [9.17, 15) is 38.7 Å². The lowest BCUT2D eigenvalue weighted by Gasteiger charge is -2.46. The molecule has 1 fully saturated rings. The minimum Gasteiger partial charge on any atom is -0.411 e. The maximum atomic E-state index is 15.8. The van der Waals surface area contributed by atoms with Crippen molar-refractivity contribution in [3.8, 4) is 0 Å². The number of nitrogens with one attached hydrogen (secondary N) is 4. The number of rotatable bonds is 18. The second-order valence-electron chi connectivity index (χ2n) is 30.4. The highest BCUT2D eigenvalue weighted by Crippen LogP contribution is 2.40. The number of amides is 11. The van der Waals surface area contributed by atoms with Crippen molar-refractivity contribution in [2.75, 3.05) is 55.9 Å². The lowest BCUT2D eigenvalue weighted by molar-refractivity contribution is -0.157. The van der Waals surface area contributed by atoms with Crippen molar-refractivity contribution >= 4 is 73.3 Å². The van der Waals surface area contributed by atoms with Gasteiger partial charge in [-0.3, -0.25) is 52.7 Å². The summed E-state index contributed by atoms with van der Waals surface area (Å²) in [6, 6.07) is -13.4. The van der Waals surface area contributed by atoms with Crippen LogP contribution in [-0.4, -0.2) is 241 Å². The molecule has 0 bridgehead atoms. The van der Waals surface area contributed by atoms with Crippen LogP contribution in [-0.2, 0) is 57.2 Å². The predicted octanol–water partition coefficient (Wildman–Crippen LogP) is 5.49. The number of aliphatic hydroxyl groups excluding tert-OH is 1. The maximum absolute atomic E-state index is 15.8. The average Bonchev–Trinajstić information content (AvgIpc) is 0.805. The molecule has 0 spiro atoms. The van der Waals surface area contributed by atoms with Crippen LogP contribution in [0.3, 0.4) is 0 Å². The molecule has 1 heterocycles. The van der Waals surface area contributed by atoms with Crippen LogP contribution in [0.1, 0.15) is 183 Å². The molecular weight excluding hydrogens is 1210 g/mol. The van der Waals surface area contributed by atoms with E-state index in [2.05, 4.69) is 21.3 Å². The first kappa shape index (κ1) is 85.3. The summed E-state index contributed by atoms with van der Waals surface area (Å²) in [6.45, 7) is 40.0. The summed E-state index contributed by atoms with van der Waals surface area (Å²) in [7, 11) is 7.36. The Bertz CT molecular complexity index is 2540. The standard InChI is InChI=1S/C68H127N11O13Si/c1-30-48-63(87)73(21)47(17)62(86)74(22)50(35-39(4)5)59(83)72-53(42(10)11)66(90)75(23)49(34-38(2)3)58(82)69-45(15)57(81)70-46(16)61(85)76(24)51(36-40(6)7)64(88)77(25)52(37-41(8)9)65(89)78(26)54(43(12)13)67(91)79(27)55(60(84)71-48)56(44(14)32-31-33-80)92-93(28,29)68(18,19)20/h38-56,80H,30-37H2,1-29H3,(H,69,82)(H,70,81)(H,71,84)(H,72,83)/t44-,45+,46-,47-,48+,49+,50+,51+,52+,53+,54+,55+,56-/m1/s1. The van der Waals surface area contributed by atoms with Crippen molar-refractivity contribution in [2.45, 2.75) is 274 Å². The van der Waals surface area contributed by atoms with Gasteiger partial charge >= 0.3 is 0 Å². The molecule has 0 unspecified atom stereocenters. The van der Waals surface area contributed by atoms with Gasteiger partial charge in [-0.25, -0.2) is 0 Å². The first-order chi connectivity index (χ1) is 42.6. The molecule has 93 heavy (non-hydrogen) atoms. The quantitative estimate of drug-likeness (QED) is 0.106. The molecular formula is C68H127N11O13Si. The maximum Gasteiger partial charge on any atom is 0.246 e. The van der Waals surface area contributed by atoms with Gasteiger partial charge in [0.1, 0.15) is 66.5 Å². The Morgan fingerprint density at radius 2 is 0.849 bits per heavy atom. The number of hydrogen-bond donors (Lipinski definition) is 5. The van der Waals surface area contributed by atoms with Crippen molar-refractivity contribution in [2.24, 2.45) is 41.4 Å². The highest BCUT2D eigenvalue weighted by Gasteiger charge is 2.49. The minimum absolute atomic E-state index is 0.0331. The van der Waals surface area contributed by atoms with Gasteiger partial charge in [0.05, 0.1) is 6.10 Å². The van der Waals surface area contributed by atoms with Gasteiger partial charge in [-0.1, -0.05) is 118 Å². The number of carbonyl (C=O) groups is 11. The fourth-order valence-corrected chi connectivity index (χ4v) is 13.1. The van der Waals surface area contributed by atoms with E-state index in [4.69, 9.17) is 4.43 Å². The van der Waals surface area contributed by atoms with Gasteiger partial charge in [0.15, 0.2) is 8.32 Å². The van der Waals surface area contributed by atoms with Gasteiger partial charge in [-0.05, 0) is 125 Å². The Morgan fingerprint density at radius 1 is 0.452 bits per heavy atom. The van der Waals surface area contributed by atoms with Crippen LogP contribution in [0.15, 0.2) is 0 Å². The Morgan fingerprint density at radius 3 is 1.27 bits per heavy atom. The third kappa shape index (κ3) is 23.3. The Labute approximate surface area is 560 Å². The van der Waals surface area contributed by atoms with Crippen LogP contribution in [0.2, 0.25) is 18.1 Å². The number of hydrogen-bond acceptors (Lipinski definition) is 13. The van der Waals surface area contributed by atoms with Gasteiger partial charge in [0.2, 0.25) is 65.0 Å². The predicted molar refractivity (Wildman–Crippen MR) is 366 cm³/mol. The van der Waals surface area contributed by atoms with Gasteiger partial charge in [-0.2, -0.15) is 0 Å². The summed E-state index contributed by atoms with van der Waals surface area (Å²) in [5.41, 5.74) is 0. The third-order valence-electron chi connectivity index (χ3n) is 18.8. The Kier molecular flexibility index (Phi) is 33.9. The van der Waals surface area contributed by atoms with E-state index < -0.39 is 169 Å². The molecule has 1 saturated heterocycles. The van der Waals surface area contributed by atoms with Crippen molar-refractivity contribution in [3.63, 3.8) is 0 Å². The van der Waals surface area contributed by atoms with Crippen LogP contribution in [0.5, 0.6) is 0 Å². The summed E-state index contributed by atoms with van der Waals surface area (Å²) in [5.74, 6) is -9.33. The molecule has 5 N–H and O–H groups in total. The highest BCUT2D eigenvalue weighted by atomic mass is 28.4. The zero-order valence-corrected chi connectivity index (χ0v) is 63.6. The minimum atomic E-state index is -2.85. The molecule has 0 saturated carbocycles. The van der Waals surface area contributed by atoms with Crippen LogP contribution in [0.25, 0.3) is 0 Å². The van der Waals surface area contributed by atoms with Gasteiger partial charge < -0.3 is 65.1 Å². The van der Waals surface area contributed by atoms with Gasteiger partial charge in [0.25, 0.3) is 0 Å². The van der Waals surface area contributed by atoms with E-state index in [0.717, 1.165) is 0 Å². The fraction of sp³-hybridized carbons (Fsp3) is 0.838. The SMILES string of the molecule is CC[C@@H]1NC(=O)[C@H]([C@H](O[Si](C)(C)C(C)(C)C)[C@H](C)CCCO)N(C)C(=O)[C@H](C(C)C)N(C)C(=O)[C@H](CC(C)C)N(C)C(=O)[C@H](CC(C)C)N(C)C(=O)[C@@H](C)NC(=O)[C@H](C)NC(=O)[C@H](CC(C)C)N(C)C(=O)[C@H](C(C)C)NC(=O)[C@H](CC(C)C)N(C)C(=O)[C@@H](C)N(C)C1=O. The van der Waals surface area contributed by atoms with E-state index in [1.54, 1.807) is 34.6 Å². The molecule has 0 aliphatic carbocycles. The molecule has 1 aliphatic rings. The first-order valence-electron chi connectivity index (χ1n) is 33.9. The number of carbonyl (C=O) groups excluding carboxylic acids is 11. The van der Waals surface area contributed by atoms with Crippen molar-refractivity contribution in [3.05, 3.63) is 0 Å².